The highest BCUT2D eigenvalue weighted by atomic mass is 32.2. The molecule has 2 aromatic carbocycles. The number of ether oxygens (including phenoxy) is 2. The number of carbonyl (C=O) groups excluding carboxylic acids is 2. The molecule has 0 saturated heterocycles. The van der Waals surface area contributed by atoms with E-state index in [-0.39, 0.29) is 23.1 Å². The van der Waals surface area contributed by atoms with Crippen molar-refractivity contribution in [2.45, 2.75) is 17.6 Å². The zero-order chi connectivity index (χ0) is 18.3. The summed E-state index contributed by atoms with van der Waals surface area (Å²) in [5, 5.41) is 5.37. The highest BCUT2D eigenvalue weighted by Gasteiger charge is 2.43. The molecule has 0 spiro atoms. The molecule has 0 aliphatic carbocycles. The lowest BCUT2D eigenvalue weighted by molar-refractivity contribution is -0.286. The Morgan fingerprint density at radius 2 is 1.96 bits per heavy atom. The third kappa shape index (κ3) is 3.30. The Labute approximate surface area is 150 Å². The first kappa shape index (κ1) is 16.6. The van der Waals surface area contributed by atoms with Crippen LogP contribution in [0.3, 0.4) is 0 Å². The molecule has 134 valence electrons. The van der Waals surface area contributed by atoms with Crippen LogP contribution in [0.4, 0.5) is 20.2 Å². The molecule has 0 radical (unpaired) electrons. The summed E-state index contributed by atoms with van der Waals surface area (Å²) in [6, 6.07) is 8.97. The van der Waals surface area contributed by atoms with Gasteiger partial charge in [-0.25, -0.2) is 0 Å². The zero-order valence-corrected chi connectivity index (χ0v) is 14.0. The number of alkyl halides is 2. The van der Waals surface area contributed by atoms with Gasteiger partial charge in [-0.2, -0.15) is 0 Å². The SMILES string of the molecule is O=C1CCSc2ccc(C(=O)Nc3ccc4c(c3)OC(F)(F)O4)cc2N1. The smallest absolute Gasteiger partial charge is 0.395 e. The van der Waals surface area contributed by atoms with Crippen LogP contribution in [0, 0.1) is 0 Å². The van der Waals surface area contributed by atoms with Gasteiger partial charge in [-0.3, -0.25) is 9.59 Å². The van der Waals surface area contributed by atoms with E-state index in [0.717, 1.165) is 4.90 Å². The van der Waals surface area contributed by atoms with Gasteiger partial charge in [-0.1, -0.05) is 0 Å². The normalized spacial score (nSPS) is 17.1. The molecular formula is C17H12F2N2O4S. The van der Waals surface area contributed by atoms with E-state index in [0.29, 0.717) is 23.4 Å². The molecule has 26 heavy (non-hydrogen) atoms. The standard InChI is InChI=1S/C17H12F2N2O4S/c18-17(19)24-12-3-2-10(8-13(12)25-17)20-16(23)9-1-4-14-11(7-9)21-15(22)5-6-26-14/h1-4,7-8H,5-6H2,(H,20,23)(H,21,22). The van der Waals surface area contributed by atoms with Crippen LogP contribution in [0.1, 0.15) is 16.8 Å². The summed E-state index contributed by atoms with van der Waals surface area (Å²) in [7, 11) is 0. The second-order valence-electron chi connectivity index (χ2n) is 5.64. The molecule has 4 rings (SSSR count). The molecule has 0 saturated carbocycles. The Kier molecular flexibility index (Phi) is 3.95. The van der Waals surface area contributed by atoms with Crippen molar-refractivity contribution < 1.29 is 27.8 Å². The van der Waals surface area contributed by atoms with Gasteiger partial charge in [0.05, 0.1) is 5.69 Å². The second-order valence-corrected chi connectivity index (χ2v) is 6.78. The van der Waals surface area contributed by atoms with Gasteiger partial charge in [-0.05, 0) is 30.3 Å². The molecule has 2 amide bonds. The first-order chi connectivity index (χ1) is 12.4. The molecule has 2 aromatic rings. The summed E-state index contributed by atoms with van der Waals surface area (Å²) in [6.45, 7) is 0. The topological polar surface area (TPSA) is 76.7 Å². The number of fused-ring (bicyclic) bond motifs is 2. The van der Waals surface area contributed by atoms with Crippen LogP contribution in [0.2, 0.25) is 0 Å². The summed E-state index contributed by atoms with van der Waals surface area (Å²) >= 11 is 1.53. The van der Waals surface area contributed by atoms with Crippen molar-refractivity contribution in [1.82, 2.24) is 0 Å². The minimum Gasteiger partial charge on any atom is -0.395 e. The number of carbonyl (C=O) groups is 2. The highest BCUT2D eigenvalue weighted by molar-refractivity contribution is 7.99. The Balaban J connectivity index is 1.54. The minimum absolute atomic E-state index is 0.0993. The molecule has 0 unspecified atom stereocenters. The monoisotopic (exact) mass is 378 g/mol. The molecule has 0 aromatic heterocycles. The van der Waals surface area contributed by atoms with Crippen molar-refractivity contribution in [3.63, 3.8) is 0 Å². The van der Waals surface area contributed by atoms with E-state index in [1.807, 2.05) is 0 Å². The lowest BCUT2D eigenvalue weighted by Crippen LogP contribution is -2.25. The number of thioether (sulfide) groups is 1. The molecule has 2 aliphatic heterocycles. The van der Waals surface area contributed by atoms with Crippen molar-refractivity contribution in [3.05, 3.63) is 42.0 Å². The molecule has 2 N–H and O–H groups in total. The number of rotatable bonds is 2. The summed E-state index contributed by atoms with van der Waals surface area (Å²) < 4.78 is 34.8. The van der Waals surface area contributed by atoms with E-state index in [9.17, 15) is 18.4 Å². The highest BCUT2D eigenvalue weighted by Crippen LogP contribution is 2.42. The van der Waals surface area contributed by atoms with Crippen LogP contribution in [0.25, 0.3) is 0 Å². The lowest BCUT2D eigenvalue weighted by Gasteiger charge is -2.10. The van der Waals surface area contributed by atoms with Crippen molar-refractivity contribution in [2.24, 2.45) is 0 Å². The number of benzene rings is 2. The Hall–Kier alpha value is -2.81. The van der Waals surface area contributed by atoms with E-state index in [2.05, 4.69) is 20.1 Å². The molecule has 2 heterocycles. The Morgan fingerprint density at radius 3 is 2.81 bits per heavy atom. The Bertz CT molecular complexity index is 920. The summed E-state index contributed by atoms with van der Waals surface area (Å²) in [4.78, 5) is 25.0. The van der Waals surface area contributed by atoms with Gasteiger partial charge in [0.25, 0.3) is 5.91 Å². The van der Waals surface area contributed by atoms with E-state index in [1.165, 1.54) is 30.0 Å². The van der Waals surface area contributed by atoms with E-state index < -0.39 is 12.2 Å². The summed E-state index contributed by atoms with van der Waals surface area (Å²) in [5.74, 6) is -0.129. The van der Waals surface area contributed by atoms with E-state index in [1.54, 1.807) is 18.2 Å². The van der Waals surface area contributed by atoms with E-state index >= 15 is 0 Å². The molecule has 0 atom stereocenters. The fraction of sp³-hybridized carbons (Fsp3) is 0.176. The predicted octanol–water partition coefficient (Wildman–Crippen LogP) is 3.69. The van der Waals surface area contributed by atoms with Crippen molar-refractivity contribution in [2.75, 3.05) is 16.4 Å². The number of hydrogen-bond donors (Lipinski definition) is 2. The number of halogens is 2. The van der Waals surface area contributed by atoms with Gasteiger partial charge in [0.15, 0.2) is 11.5 Å². The van der Waals surface area contributed by atoms with Crippen LogP contribution in [-0.2, 0) is 4.79 Å². The van der Waals surface area contributed by atoms with Crippen LogP contribution in [0.15, 0.2) is 41.3 Å². The fourth-order valence-corrected chi connectivity index (χ4v) is 3.53. The third-order valence-corrected chi connectivity index (χ3v) is 4.84. The van der Waals surface area contributed by atoms with Gasteiger partial charge in [0, 0.05) is 34.4 Å². The largest absolute Gasteiger partial charge is 0.586 e. The second kappa shape index (κ2) is 6.17. The Morgan fingerprint density at radius 1 is 1.15 bits per heavy atom. The van der Waals surface area contributed by atoms with Crippen LogP contribution >= 0.6 is 11.8 Å². The maximum absolute atomic E-state index is 13.1. The van der Waals surface area contributed by atoms with Gasteiger partial charge < -0.3 is 20.1 Å². The summed E-state index contributed by atoms with van der Waals surface area (Å²) in [6.07, 6.45) is -3.31. The van der Waals surface area contributed by atoms with Crippen molar-refractivity contribution >= 4 is 35.0 Å². The number of anilines is 2. The van der Waals surface area contributed by atoms with Crippen molar-refractivity contribution in [1.29, 1.82) is 0 Å². The maximum Gasteiger partial charge on any atom is 0.586 e. The van der Waals surface area contributed by atoms with Gasteiger partial charge in [0.1, 0.15) is 0 Å². The lowest BCUT2D eigenvalue weighted by atomic mass is 10.1. The van der Waals surface area contributed by atoms with Crippen LogP contribution in [0.5, 0.6) is 11.5 Å². The van der Waals surface area contributed by atoms with Gasteiger partial charge >= 0.3 is 6.29 Å². The minimum atomic E-state index is -3.71. The van der Waals surface area contributed by atoms with Crippen LogP contribution in [-0.4, -0.2) is 23.9 Å². The average Bonchev–Trinajstić information content (AvgIpc) is 2.76. The first-order valence-corrected chi connectivity index (χ1v) is 8.66. The predicted molar refractivity (Wildman–Crippen MR) is 91.0 cm³/mol. The molecule has 0 bridgehead atoms. The maximum atomic E-state index is 13.1. The molecule has 9 heteroatoms. The molecule has 6 nitrogen and oxygen atoms in total. The molecular weight excluding hydrogens is 366 g/mol. The number of nitrogens with one attached hydrogen (secondary N) is 2. The van der Waals surface area contributed by atoms with Gasteiger partial charge in [0.2, 0.25) is 5.91 Å². The zero-order valence-electron chi connectivity index (χ0n) is 13.2. The molecule has 2 aliphatic rings. The number of hydrogen-bond acceptors (Lipinski definition) is 5. The van der Waals surface area contributed by atoms with Crippen molar-refractivity contribution in [3.8, 4) is 11.5 Å². The van der Waals surface area contributed by atoms with Gasteiger partial charge in [-0.15, -0.1) is 20.5 Å². The first-order valence-electron chi connectivity index (χ1n) is 7.68. The average molecular weight is 378 g/mol. The van der Waals surface area contributed by atoms with Crippen LogP contribution < -0.4 is 20.1 Å². The number of amides is 2. The van der Waals surface area contributed by atoms with E-state index in [4.69, 9.17) is 0 Å². The summed E-state index contributed by atoms with van der Waals surface area (Å²) in [5.41, 5.74) is 1.19. The quantitative estimate of drug-likeness (QED) is 0.833. The third-order valence-electron chi connectivity index (χ3n) is 3.76. The molecule has 0 fully saturated rings. The fourth-order valence-electron chi connectivity index (χ4n) is 2.59.